The fourth-order valence-corrected chi connectivity index (χ4v) is 4.10. The number of benzene rings is 2. The number of aromatic nitrogens is 2. The quantitative estimate of drug-likeness (QED) is 0.495. The predicted molar refractivity (Wildman–Crippen MR) is 115 cm³/mol. The summed E-state index contributed by atoms with van der Waals surface area (Å²) in [7, 11) is 0. The van der Waals surface area contributed by atoms with Crippen LogP contribution >= 0.6 is 0 Å². The maximum absolute atomic E-state index is 13.1. The van der Waals surface area contributed by atoms with E-state index in [2.05, 4.69) is 22.1 Å². The molecule has 5 rings (SSSR count). The highest BCUT2D eigenvalue weighted by molar-refractivity contribution is 5.95. The number of para-hydroxylation sites is 1. The second-order valence-corrected chi connectivity index (χ2v) is 7.81. The van der Waals surface area contributed by atoms with E-state index in [-0.39, 0.29) is 11.8 Å². The Morgan fingerprint density at radius 2 is 1.87 bits per heavy atom. The summed E-state index contributed by atoms with van der Waals surface area (Å²) in [6.07, 6.45) is 4.44. The van der Waals surface area contributed by atoms with Gasteiger partial charge >= 0.3 is 0 Å². The summed E-state index contributed by atoms with van der Waals surface area (Å²) < 4.78 is 6.05. The summed E-state index contributed by atoms with van der Waals surface area (Å²) in [5.74, 6) is 1.68. The first-order valence-corrected chi connectivity index (χ1v) is 10.4. The molecule has 0 spiro atoms. The third-order valence-corrected chi connectivity index (χ3v) is 5.67. The minimum absolute atomic E-state index is 0.0264. The maximum atomic E-state index is 13.1. The van der Waals surface area contributed by atoms with Crippen LogP contribution < -0.4 is 0 Å². The Labute approximate surface area is 175 Å². The van der Waals surface area contributed by atoms with Crippen molar-refractivity contribution in [1.29, 1.82) is 0 Å². The zero-order chi connectivity index (χ0) is 20.3. The van der Waals surface area contributed by atoms with Gasteiger partial charge < -0.3 is 9.32 Å². The summed E-state index contributed by atoms with van der Waals surface area (Å²) >= 11 is 0. The van der Waals surface area contributed by atoms with Gasteiger partial charge in [0.25, 0.3) is 5.91 Å². The molecule has 1 atom stereocenters. The number of nitrogens with zero attached hydrogens (tertiary/aromatic N) is 3. The SMILES string of the molecule is O=C(c1ccc2ccccc2n1)N1CCC[C@H](c2ncc(Cc3ccccc3)o2)C1. The van der Waals surface area contributed by atoms with Crippen molar-refractivity contribution in [1.82, 2.24) is 14.9 Å². The number of hydrogen-bond acceptors (Lipinski definition) is 4. The molecule has 0 saturated carbocycles. The van der Waals surface area contributed by atoms with Gasteiger partial charge in [0.15, 0.2) is 5.89 Å². The van der Waals surface area contributed by atoms with Crippen molar-refractivity contribution in [3.63, 3.8) is 0 Å². The van der Waals surface area contributed by atoms with Crippen molar-refractivity contribution < 1.29 is 9.21 Å². The first-order chi connectivity index (χ1) is 14.8. The smallest absolute Gasteiger partial charge is 0.272 e. The molecule has 2 aromatic heterocycles. The normalized spacial score (nSPS) is 16.7. The lowest BCUT2D eigenvalue weighted by Gasteiger charge is -2.31. The number of piperidine rings is 1. The van der Waals surface area contributed by atoms with Crippen LogP contribution in [0.1, 0.15) is 46.5 Å². The molecule has 1 saturated heterocycles. The number of oxazole rings is 1. The third-order valence-electron chi connectivity index (χ3n) is 5.67. The minimum Gasteiger partial charge on any atom is -0.445 e. The molecule has 5 heteroatoms. The fraction of sp³-hybridized carbons (Fsp3) is 0.240. The van der Waals surface area contributed by atoms with Crippen LogP contribution in [-0.4, -0.2) is 33.9 Å². The van der Waals surface area contributed by atoms with Crippen LogP contribution in [-0.2, 0) is 6.42 Å². The van der Waals surface area contributed by atoms with Gasteiger partial charge in [-0.3, -0.25) is 4.79 Å². The standard InChI is InChI=1S/C25H23N3O2/c29-25(23-13-12-19-9-4-5-11-22(19)27-23)28-14-6-10-20(17-28)24-26-16-21(30-24)15-18-7-2-1-3-8-18/h1-5,7-9,11-13,16,20H,6,10,14-15,17H2/t20-/m0/s1. The van der Waals surface area contributed by atoms with Crippen LogP contribution in [0.3, 0.4) is 0 Å². The van der Waals surface area contributed by atoms with E-state index in [9.17, 15) is 4.79 Å². The van der Waals surface area contributed by atoms with Crippen molar-refractivity contribution in [2.24, 2.45) is 0 Å². The van der Waals surface area contributed by atoms with Gasteiger partial charge in [0.2, 0.25) is 0 Å². The highest BCUT2D eigenvalue weighted by atomic mass is 16.4. The van der Waals surface area contributed by atoms with Crippen molar-refractivity contribution in [3.8, 4) is 0 Å². The van der Waals surface area contributed by atoms with Crippen LogP contribution in [0.5, 0.6) is 0 Å². The molecule has 0 bridgehead atoms. The molecule has 0 aliphatic carbocycles. The molecule has 4 aromatic rings. The van der Waals surface area contributed by atoms with Gasteiger partial charge in [0.05, 0.1) is 17.6 Å². The van der Waals surface area contributed by atoms with Crippen molar-refractivity contribution in [2.75, 3.05) is 13.1 Å². The van der Waals surface area contributed by atoms with Gasteiger partial charge in [-0.25, -0.2) is 9.97 Å². The van der Waals surface area contributed by atoms with Gasteiger partial charge in [-0.05, 0) is 30.5 Å². The first-order valence-electron chi connectivity index (χ1n) is 10.4. The van der Waals surface area contributed by atoms with E-state index in [1.54, 1.807) is 0 Å². The molecule has 5 nitrogen and oxygen atoms in total. The molecule has 0 unspecified atom stereocenters. The number of pyridine rings is 1. The Morgan fingerprint density at radius 3 is 2.77 bits per heavy atom. The van der Waals surface area contributed by atoms with Crippen LogP contribution in [0.4, 0.5) is 0 Å². The van der Waals surface area contributed by atoms with Gasteiger partial charge in [-0.15, -0.1) is 0 Å². The van der Waals surface area contributed by atoms with Crippen LogP contribution in [0.15, 0.2) is 77.3 Å². The highest BCUT2D eigenvalue weighted by Crippen LogP contribution is 2.28. The van der Waals surface area contributed by atoms with E-state index in [1.165, 1.54) is 5.56 Å². The van der Waals surface area contributed by atoms with Crippen molar-refractivity contribution in [3.05, 3.63) is 95.8 Å². The Kier molecular flexibility index (Phi) is 5.01. The number of likely N-dealkylation sites (tertiary alicyclic amines) is 1. The molecule has 1 aliphatic heterocycles. The number of carbonyl (C=O) groups is 1. The number of hydrogen-bond donors (Lipinski definition) is 0. The van der Waals surface area contributed by atoms with E-state index in [0.717, 1.165) is 48.4 Å². The van der Waals surface area contributed by atoms with E-state index < -0.39 is 0 Å². The molecule has 1 aliphatic rings. The molecule has 3 heterocycles. The molecule has 0 radical (unpaired) electrons. The molecule has 0 N–H and O–H groups in total. The van der Waals surface area contributed by atoms with Gasteiger partial charge in [0, 0.05) is 24.9 Å². The zero-order valence-electron chi connectivity index (χ0n) is 16.7. The number of carbonyl (C=O) groups excluding carboxylic acids is 1. The fourth-order valence-electron chi connectivity index (χ4n) is 4.10. The molecule has 150 valence electrons. The summed E-state index contributed by atoms with van der Waals surface area (Å²) in [5.41, 5.74) is 2.53. The topological polar surface area (TPSA) is 59.2 Å². The predicted octanol–water partition coefficient (Wildman–Crippen LogP) is 4.83. The average molecular weight is 397 g/mol. The van der Waals surface area contributed by atoms with Gasteiger partial charge in [0.1, 0.15) is 11.5 Å². The lowest BCUT2D eigenvalue weighted by Crippen LogP contribution is -2.39. The maximum Gasteiger partial charge on any atom is 0.272 e. The summed E-state index contributed by atoms with van der Waals surface area (Å²) in [6, 6.07) is 21.9. The first kappa shape index (κ1) is 18.6. The molecule has 1 amide bonds. The molecule has 30 heavy (non-hydrogen) atoms. The number of fused-ring (bicyclic) bond motifs is 1. The molecular formula is C25H23N3O2. The van der Waals surface area contributed by atoms with Crippen LogP contribution in [0.25, 0.3) is 10.9 Å². The Balaban J connectivity index is 1.30. The molecule has 2 aromatic carbocycles. The summed E-state index contributed by atoms with van der Waals surface area (Å²) in [5, 5.41) is 1.04. The highest BCUT2D eigenvalue weighted by Gasteiger charge is 2.29. The molecular weight excluding hydrogens is 374 g/mol. The second kappa shape index (κ2) is 8.11. The van der Waals surface area contributed by atoms with E-state index in [4.69, 9.17) is 4.42 Å². The van der Waals surface area contributed by atoms with Crippen molar-refractivity contribution >= 4 is 16.8 Å². The largest absolute Gasteiger partial charge is 0.445 e. The lowest BCUT2D eigenvalue weighted by atomic mass is 9.97. The van der Waals surface area contributed by atoms with Crippen molar-refractivity contribution in [2.45, 2.75) is 25.2 Å². The Bertz CT molecular complexity index is 1170. The second-order valence-electron chi connectivity index (χ2n) is 7.81. The van der Waals surface area contributed by atoms with Gasteiger partial charge in [-0.1, -0.05) is 54.6 Å². The number of rotatable bonds is 4. The summed E-state index contributed by atoms with van der Waals surface area (Å²) in [4.78, 5) is 24.1. The summed E-state index contributed by atoms with van der Waals surface area (Å²) in [6.45, 7) is 1.35. The monoisotopic (exact) mass is 397 g/mol. The number of amides is 1. The third kappa shape index (κ3) is 3.83. The van der Waals surface area contributed by atoms with E-state index >= 15 is 0 Å². The lowest BCUT2D eigenvalue weighted by molar-refractivity contribution is 0.0692. The average Bonchev–Trinajstić information content (AvgIpc) is 3.27. The van der Waals surface area contributed by atoms with Crippen LogP contribution in [0, 0.1) is 0 Å². The Hall–Kier alpha value is -3.47. The Morgan fingerprint density at radius 1 is 1.03 bits per heavy atom. The molecule has 1 fully saturated rings. The van der Waals surface area contributed by atoms with E-state index in [1.807, 2.05) is 65.7 Å². The van der Waals surface area contributed by atoms with Crippen LogP contribution in [0.2, 0.25) is 0 Å². The zero-order valence-corrected chi connectivity index (χ0v) is 16.7. The minimum atomic E-state index is -0.0264. The van der Waals surface area contributed by atoms with Gasteiger partial charge in [-0.2, -0.15) is 0 Å². The van der Waals surface area contributed by atoms with E-state index in [0.29, 0.717) is 12.2 Å².